The first-order valence-corrected chi connectivity index (χ1v) is 15.1. The SMILES string of the molecule is CCOC(=O)CCSC1C(NC(=O)COc2ccccc2C#N)C(=O)N1C(C(=O)OCC(=O)c1ccc(Br)cc1)=C(C)C. The van der Waals surface area contributed by atoms with E-state index in [2.05, 4.69) is 21.2 Å². The van der Waals surface area contributed by atoms with Crippen molar-refractivity contribution in [3.8, 4) is 11.8 Å². The Morgan fingerprint density at radius 1 is 1.05 bits per heavy atom. The Labute approximate surface area is 261 Å². The maximum atomic E-state index is 13.3. The van der Waals surface area contributed by atoms with Crippen molar-refractivity contribution in [2.75, 3.05) is 25.6 Å². The molecule has 2 unspecified atom stereocenters. The molecule has 226 valence electrons. The zero-order valence-electron chi connectivity index (χ0n) is 23.8. The van der Waals surface area contributed by atoms with Gasteiger partial charge in [0.25, 0.3) is 11.8 Å². The van der Waals surface area contributed by atoms with Gasteiger partial charge in [0.1, 0.15) is 28.9 Å². The van der Waals surface area contributed by atoms with E-state index in [1.165, 1.54) is 16.7 Å². The first-order valence-electron chi connectivity index (χ1n) is 13.2. The van der Waals surface area contributed by atoms with Crippen LogP contribution >= 0.6 is 27.7 Å². The van der Waals surface area contributed by atoms with E-state index < -0.39 is 54.2 Å². The zero-order valence-corrected chi connectivity index (χ0v) is 26.2. The number of thioether (sulfide) groups is 1. The highest BCUT2D eigenvalue weighted by atomic mass is 79.9. The fourth-order valence-corrected chi connectivity index (χ4v) is 5.53. The molecule has 1 fully saturated rings. The molecule has 2 aromatic carbocycles. The Kier molecular flexibility index (Phi) is 12.3. The summed E-state index contributed by atoms with van der Waals surface area (Å²) in [6.07, 6.45) is 0.0437. The molecule has 0 radical (unpaired) electrons. The van der Waals surface area contributed by atoms with Gasteiger partial charge in [-0.05, 0) is 50.6 Å². The zero-order chi connectivity index (χ0) is 31.5. The molecule has 2 aromatic rings. The van der Waals surface area contributed by atoms with Crippen LogP contribution in [-0.2, 0) is 28.7 Å². The van der Waals surface area contributed by atoms with Gasteiger partial charge in [0, 0.05) is 15.8 Å². The van der Waals surface area contributed by atoms with Crippen molar-refractivity contribution in [1.82, 2.24) is 10.2 Å². The molecule has 13 heteroatoms. The number of halogens is 1. The van der Waals surface area contributed by atoms with Crippen LogP contribution in [0.1, 0.15) is 43.1 Å². The lowest BCUT2D eigenvalue weighted by molar-refractivity contribution is -0.152. The minimum atomic E-state index is -1.04. The topological polar surface area (TPSA) is 152 Å². The predicted molar refractivity (Wildman–Crippen MR) is 161 cm³/mol. The molecule has 3 rings (SSSR count). The van der Waals surface area contributed by atoms with Gasteiger partial charge < -0.3 is 19.5 Å². The Hall–Kier alpha value is -4.15. The number of likely N-dealkylation sites (tertiary alicyclic amines) is 1. The number of rotatable bonds is 14. The fraction of sp³-hybridized carbons (Fsp3) is 0.333. The number of hydrogen-bond donors (Lipinski definition) is 1. The van der Waals surface area contributed by atoms with E-state index in [-0.39, 0.29) is 35.8 Å². The average molecular weight is 673 g/mol. The molecular formula is C30H30BrN3O8S. The lowest BCUT2D eigenvalue weighted by Crippen LogP contribution is -2.70. The Bertz CT molecular complexity index is 1450. The molecule has 0 spiro atoms. The molecule has 1 saturated heterocycles. The molecule has 0 aliphatic carbocycles. The van der Waals surface area contributed by atoms with Crippen molar-refractivity contribution in [2.45, 2.75) is 38.6 Å². The quantitative estimate of drug-likeness (QED) is 0.136. The van der Waals surface area contributed by atoms with Crippen molar-refractivity contribution in [3.63, 3.8) is 0 Å². The summed E-state index contributed by atoms with van der Waals surface area (Å²) in [6.45, 7) is 4.15. The van der Waals surface area contributed by atoms with Crippen LogP contribution in [0.2, 0.25) is 0 Å². The average Bonchev–Trinajstić information content (AvgIpc) is 2.99. The van der Waals surface area contributed by atoms with E-state index in [0.717, 1.165) is 4.47 Å². The molecule has 2 amide bonds. The number of Topliss-reactive ketones (excluding diaryl/α,β-unsaturated/α-hetero) is 1. The summed E-state index contributed by atoms with van der Waals surface area (Å²) in [5.41, 5.74) is 0.988. The maximum absolute atomic E-state index is 13.3. The molecule has 43 heavy (non-hydrogen) atoms. The molecule has 0 aromatic heterocycles. The maximum Gasteiger partial charge on any atom is 0.355 e. The molecule has 1 N–H and O–H groups in total. The van der Waals surface area contributed by atoms with Crippen LogP contribution in [0, 0.1) is 11.3 Å². The van der Waals surface area contributed by atoms with Gasteiger partial charge in [-0.25, -0.2) is 4.79 Å². The second kappa shape index (κ2) is 15.9. The van der Waals surface area contributed by atoms with Gasteiger partial charge in [0.2, 0.25) is 0 Å². The summed E-state index contributed by atoms with van der Waals surface area (Å²) in [7, 11) is 0. The van der Waals surface area contributed by atoms with E-state index in [1.807, 2.05) is 6.07 Å². The number of benzene rings is 2. The third-order valence-electron chi connectivity index (χ3n) is 6.03. The van der Waals surface area contributed by atoms with Gasteiger partial charge in [-0.3, -0.25) is 24.1 Å². The first kappa shape index (κ1) is 33.4. The number of hydrogen-bond acceptors (Lipinski definition) is 10. The highest BCUT2D eigenvalue weighted by Gasteiger charge is 2.52. The van der Waals surface area contributed by atoms with Crippen molar-refractivity contribution in [2.24, 2.45) is 0 Å². The highest BCUT2D eigenvalue weighted by molar-refractivity contribution is 9.10. The van der Waals surface area contributed by atoms with Crippen molar-refractivity contribution in [3.05, 3.63) is 75.4 Å². The van der Waals surface area contributed by atoms with Crippen LogP contribution in [0.3, 0.4) is 0 Å². The minimum Gasteiger partial charge on any atom is -0.482 e. The highest BCUT2D eigenvalue weighted by Crippen LogP contribution is 2.36. The Morgan fingerprint density at radius 2 is 1.74 bits per heavy atom. The monoisotopic (exact) mass is 671 g/mol. The van der Waals surface area contributed by atoms with E-state index in [0.29, 0.717) is 11.1 Å². The normalized spacial score (nSPS) is 15.4. The number of ketones is 1. The molecule has 0 bridgehead atoms. The van der Waals surface area contributed by atoms with E-state index in [4.69, 9.17) is 14.2 Å². The summed E-state index contributed by atoms with van der Waals surface area (Å²) < 4.78 is 16.5. The molecule has 1 heterocycles. The van der Waals surface area contributed by atoms with E-state index >= 15 is 0 Å². The number of esters is 2. The molecule has 1 aliphatic rings. The molecule has 0 saturated carbocycles. The largest absolute Gasteiger partial charge is 0.482 e. The van der Waals surface area contributed by atoms with Gasteiger partial charge in [-0.15, -0.1) is 11.8 Å². The van der Waals surface area contributed by atoms with Gasteiger partial charge in [-0.1, -0.05) is 40.2 Å². The van der Waals surface area contributed by atoms with Crippen LogP contribution in [0.25, 0.3) is 0 Å². The number of allylic oxidation sites excluding steroid dienone is 1. The second-order valence-corrected chi connectivity index (χ2v) is 11.5. The summed E-state index contributed by atoms with van der Waals surface area (Å²) in [5, 5.41) is 11.1. The summed E-state index contributed by atoms with van der Waals surface area (Å²) in [6, 6.07) is 13.9. The van der Waals surface area contributed by atoms with Crippen molar-refractivity contribution >= 4 is 57.2 Å². The summed E-state index contributed by atoms with van der Waals surface area (Å²) in [4.78, 5) is 64.9. The Balaban J connectivity index is 1.72. The number of β-lactam (4-membered cyclic amide) rings is 1. The number of carbonyl (C=O) groups excluding carboxylic acids is 5. The van der Waals surface area contributed by atoms with Crippen LogP contribution in [0.5, 0.6) is 5.75 Å². The smallest absolute Gasteiger partial charge is 0.355 e. The van der Waals surface area contributed by atoms with Gasteiger partial charge >= 0.3 is 11.9 Å². The third kappa shape index (κ3) is 8.92. The number of amides is 2. The van der Waals surface area contributed by atoms with Gasteiger partial charge in [-0.2, -0.15) is 5.26 Å². The second-order valence-electron chi connectivity index (χ2n) is 9.32. The predicted octanol–water partition coefficient (Wildman–Crippen LogP) is 3.76. The lowest BCUT2D eigenvalue weighted by atomic mass is 10.0. The minimum absolute atomic E-state index is 0.0437. The van der Waals surface area contributed by atoms with Crippen LogP contribution < -0.4 is 10.1 Å². The van der Waals surface area contributed by atoms with E-state index in [1.54, 1.807) is 69.3 Å². The number of nitrogens with zero attached hydrogens (tertiary/aromatic N) is 2. The van der Waals surface area contributed by atoms with Gasteiger partial charge in [0.15, 0.2) is 19.0 Å². The summed E-state index contributed by atoms with van der Waals surface area (Å²) >= 11 is 4.48. The lowest BCUT2D eigenvalue weighted by Gasteiger charge is -2.47. The van der Waals surface area contributed by atoms with Crippen LogP contribution in [0.4, 0.5) is 0 Å². The number of para-hydroxylation sites is 1. The summed E-state index contributed by atoms with van der Waals surface area (Å²) in [5.74, 6) is -2.47. The number of nitrogens with one attached hydrogen (secondary N) is 1. The van der Waals surface area contributed by atoms with Crippen LogP contribution in [-0.4, -0.2) is 71.4 Å². The number of ether oxygens (including phenoxy) is 3. The standard InChI is InChI=1S/C30H30BrN3O8S/c1-4-40-25(37)13-14-43-29-26(33-24(36)17-41-23-8-6-5-7-20(23)15-32)28(38)34(29)27(18(2)3)30(39)42-16-22(35)19-9-11-21(31)12-10-19/h5-12,26,29H,4,13-14,16-17H2,1-3H3,(H,33,36). The molecule has 1 aliphatic heterocycles. The molecular weight excluding hydrogens is 642 g/mol. The van der Waals surface area contributed by atoms with E-state index in [9.17, 15) is 29.2 Å². The van der Waals surface area contributed by atoms with Crippen molar-refractivity contribution < 1.29 is 38.2 Å². The molecule has 11 nitrogen and oxygen atoms in total. The van der Waals surface area contributed by atoms with Gasteiger partial charge in [0.05, 0.1) is 18.6 Å². The number of nitriles is 1. The number of carbonyl (C=O) groups is 5. The molecule has 2 atom stereocenters. The first-order chi connectivity index (χ1) is 20.6. The Morgan fingerprint density at radius 3 is 2.40 bits per heavy atom. The van der Waals surface area contributed by atoms with Crippen LogP contribution in [0.15, 0.2) is 64.3 Å². The van der Waals surface area contributed by atoms with Crippen molar-refractivity contribution in [1.29, 1.82) is 5.26 Å². The fourth-order valence-electron chi connectivity index (χ4n) is 4.01. The third-order valence-corrected chi connectivity index (χ3v) is 7.83.